The Morgan fingerprint density at radius 3 is 2.78 bits per heavy atom. The second-order valence-electron chi connectivity index (χ2n) is 4.98. The molecule has 3 rings (SSSR count). The second kappa shape index (κ2) is 7.28. The van der Waals surface area contributed by atoms with Gasteiger partial charge in [0.1, 0.15) is 5.76 Å². The quantitative estimate of drug-likeness (QED) is 0.709. The monoisotopic (exact) mass is 374 g/mol. The van der Waals surface area contributed by atoms with Gasteiger partial charge in [0.15, 0.2) is 11.7 Å². The van der Waals surface area contributed by atoms with E-state index in [0.29, 0.717) is 31.0 Å². The van der Waals surface area contributed by atoms with E-state index in [-0.39, 0.29) is 5.91 Å². The first-order valence-electron chi connectivity index (χ1n) is 7.20. The Bertz CT molecular complexity index is 764. The summed E-state index contributed by atoms with van der Waals surface area (Å²) in [5.74, 6) is 1.91. The van der Waals surface area contributed by atoms with Crippen molar-refractivity contribution in [3.8, 4) is 11.3 Å². The molecule has 0 radical (unpaired) electrons. The fourth-order valence-electron chi connectivity index (χ4n) is 2.08. The van der Waals surface area contributed by atoms with Crippen LogP contribution in [0.25, 0.3) is 11.3 Å². The topological polar surface area (TPSA) is 68.3 Å². The lowest BCUT2D eigenvalue weighted by molar-refractivity contribution is -0.121. The fourth-order valence-corrected chi connectivity index (χ4v) is 2.35. The summed E-state index contributed by atoms with van der Waals surface area (Å²) in [6.07, 6.45) is 4.04. The van der Waals surface area contributed by atoms with Gasteiger partial charge in [-0.2, -0.15) is 0 Å². The first-order chi connectivity index (χ1) is 11.2. The molecule has 1 amide bonds. The normalized spacial score (nSPS) is 10.7. The predicted molar refractivity (Wildman–Crippen MR) is 88.5 cm³/mol. The summed E-state index contributed by atoms with van der Waals surface area (Å²) in [6.45, 7) is 0.390. The van der Waals surface area contributed by atoms with Gasteiger partial charge in [0.25, 0.3) is 0 Å². The average Bonchev–Trinajstić information content (AvgIpc) is 3.23. The standard InChI is InChI=1S/C17H15BrN2O3/c18-13-5-3-12(4-6-13)15-11-20-17(23-15)8-7-16(21)19-10-14-2-1-9-22-14/h1-6,9,11H,7-8,10H2,(H,19,21). The molecule has 0 aliphatic carbocycles. The van der Waals surface area contributed by atoms with Gasteiger partial charge >= 0.3 is 0 Å². The lowest BCUT2D eigenvalue weighted by Crippen LogP contribution is -2.22. The fraction of sp³-hybridized carbons (Fsp3) is 0.176. The van der Waals surface area contributed by atoms with Crippen LogP contribution >= 0.6 is 15.9 Å². The molecular formula is C17H15BrN2O3. The van der Waals surface area contributed by atoms with Gasteiger partial charge in [0.05, 0.1) is 19.0 Å². The van der Waals surface area contributed by atoms with E-state index in [1.807, 2.05) is 30.3 Å². The molecule has 6 heteroatoms. The number of carbonyl (C=O) groups excluding carboxylic acids is 1. The molecule has 0 bridgehead atoms. The molecule has 0 aliphatic heterocycles. The zero-order valence-electron chi connectivity index (χ0n) is 12.3. The van der Waals surface area contributed by atoms with Crippen LogP contribution in [0.4, 0.5) is 0 Å². The van der Waals surface area contributed by atoms with Crippen molar-refractivity contribution in [2.24, 2.45) is 0 Å². The number of benzene rings is 1. The highest BCUT2D eigenvalue weighted by molar-refractivity contribution is 9.10. The minimum Gasteiger partial charge on any atom is -0.467 e. The number of nitrogens with one attached hydrogen (secondary N) is 1. The summed E-state index contributed by atoms with van der Waals surface area (Å²) in [6, 6.07) is 11.4. The maximum atomic E-state index is 11.8. The number of nitrogens with zero attached hydrogens (tertiary/aromatic N) is 1. The van der Waals surface area contributed by atoms with Crippen molar-refractivity contribution < 1.29 is 13.6 Å². The van der Waals surface area contributed by atoms with Crippen LogP contribution in [0, 0.1) is 0 Å². The maximum Gasteiger partial charge on any atom is 0.220 e. The second-order valence-corrected chi connectivity index (χ2v) is 5.90. The zero-order valence-corrected chi connectivity index (χ0v) is 13.9. The van der Waals surface area contributed by atoms with Crippen LogP contribution < -0.4 is 5.32 Å². The third kappa shape index (κ3) is 4.32. The summed E-state index contributed by atoms with van der Waals surface area (Å²) in [4.78, 5) is 16.0. The largest absolute Gasteiger partial charge is 0.467 e. The minimum absolute atomic E-state index is 0.0650. The Morgan fingerprint density at radius 2 is 2.04 bits per heavy atom. The Labute approximate surface area is 141 Å². The highest BCUT2D eigenvalue weighted by Gasteiger charge is 2.09. The van der Waals surface area contributed by atoms with Crippen LogP contribution in [-0.4, -0.2) is 10.9 Å². The Morgan fingerprint density at radius 1 is 1.22 bits per heavy atom. The molecule has 0 unspecified atom stereocenters. The molecule has 5 nitrogen and oxygen atoms in total. The van der Waals surface area contributed by atoms with Crippen LogP contribution in [-0.2, 0) is 17.8 Å². The molecule has 0 fully saturated rings. The van der Waals surface area contributed by atoms with Gasteiger partial charge in [0, 0.05) is 22.9 Å². The van der Waals surface area contributed by atoms with Crippen LogP contribution in [0.5, 0.6) is 0 Å². The summed E-state index contributed by atoms with van der Waals surface area (Å²) in [7, 11) is 0. The summed E-state index contributed by atoms with van der Waals surface area (Å²) < 4.78 is 11.9. The molecule has 2 aromatic heterocycles. The summed E-state index contributed by atoms with van der Waals surface area (Å²) >= 11 is 3.40. The molecular weight excluding hydrogens is 360 g/mol. The molecule has 0 spiro atoms. The number of hydrogen-bond acceptors (Lipinski definition) is 4. The predicted octanol–water partition coefficient (Wildman–Crippen LogP) is 3.95. The number of aryl methyl sites for hydroxylation is 1. The Hall–Kier alpha value is -2.34. The van der Waals surface area contributed by atoms with E-state index in [2.05, 4.69) is 26.2 Å². The molecule has 0 atom stereocenters. The van der Waals surface area contributed by atoms with E-state index in [4.69, 9.17) is 8.83 Å². The third-order valence-corrected chi connectivity index (χ3v) is 3.82. The van der Waals surface area contributed by atoms with E-state index < -0.39 is 0 Å². The first kappa shape index (κ1) is 15.6. The number of amides is 1. The van der Waals surface area contributed by atoms with Gasteiger partial charge < -0.3 is 14.2 Å². The van der Waals surface area contributed by atoms with Crippen LogP contribution in [0.15, 0.2) is 62.2 Å². The van der Waals surface area contributed by atoms with Crippen LogP contribution in [0.1, 0.15) is 18.1 Å². The van der Waals surface area contributed by atoms with Gasteiger partial charge in [-0.15, -0.1) is 0 Å². The lowest BCUT2D eigenvalue weighted by Gasteiger charge is -2.01. The molecule has 23 heavy (non-hydrogen) atoms. The van der Waals surface area contributed by atoms with Crippen molar-refractivity contribution >= 4 is 21.8 Å². The van der Waals surface area contributed by atoms with Gasteiger partial charge in [0.2, 0.25) is 5.91 Å². The molecule has 0 saturated heterocycles. The van der Waals surface area contributed by atoms with E-state index in [1.54, 1.807) is 18.5 Å². The number of carbonyl (C=O) groups is 1. The molecule has 2 heterocycles. The van der Waals surface area contributed by atoms with Gasteiger partial charge in [-0.3, -0.25) is 4.79 Å². The zero-order chi connectivity index (χ0) is 16.1. The molecule has 3 aromatic rings. The smallest absolute Gasteiger partial charge is 0.220 e. The van der Waals surface area contributed by atoms with E-state index in [9.17, 15) is 4.79 Å². The minimum atomic E-state index is -0.0650. The number of hydrogen-bond donors (Lipinski definition) is 1. The van der Waals surface area contributed by atoms with E-state index >= 15 is 0 Å². The van der Waals surface area contributed by atoms with Crippen molar-refractivity contribution in [1.29, 1.82) is 0 Å². The number of furan rings is 1. The summed E-state index contributed by atoms with van der Waals surface area (Å²) in [5, 5.41) is 2.79. The number of rotatable bonds is 6. The summed E-state index contributed by atoms with van der Waals surface area (Å²) in [5.41, 5.74) is 0.953. The Kier molecular flexibility index (Phi) is 4.92. The van der Waals surface area contributed by atoms with E-state index in [0.717, 1.165) is 15.8 Å². The van der Waals surface area contributed by atoms with Gasteiger partial charge in [-0.05, 0) is 24.3 Å². The van der Waals surface area contributed by atoms with Crippen LogP contribution in [0.2, 0.25) is 0 Å². The van der Waals surface area contributed by atoms with E-state index in [1.165, 1.54) is 0 Å². The lowest BCUT2D eigenvalue weighted by atomic mass is 10.2. The highest BCUT2D eigenvalue weighted by atomic mass is 79.9. The van der Waals surface area contributed by atoms with Crippen molar-refractivity contribution in [1.82, 2.24) is 10.3 Å². The molecule has 0 saturated carbocycles. The Balaban J connectivity index is 1.50. The van der Waals surface area contributed by atoms with Crippen molar-refractivity contribution in [3.63, 3.8) is 0 Å². The number of halogens is 1. The van der Waals surface area contributed by atoms with Gasteiger partial charge in [-0.1, -0.05) is 28.1 Å². The van der Waals surface area contributed by atoms with Crippen LogP contribution in [0.3, 0.4) is 0 Å². The SMILES string of the molecule is O=C(CCc1ncc(-c2ccc(Br)cc2)o1)NCc1ccco1. The van der Waals surface area contributed by atoms with Crippen molar-refractivity contribution in [2.45, 2.75) is 19.4 Å². The highest BCUT2D eigenvalue weighted by Crippen LogP contribution is 2.22. The maximum absolute atomic E-state index is 11.8. The number of oxazole rings is 1. The molecule has 0 aliphatic rings. The molecule has 118 valence electrons. The van der Waals surface area contributed by atoms with Crippen molar-refractivity contribution in [2.75, 3.05) is 0 Å². The molecule has 1 aromatic carbocycles. The molecule has 1 N–H and O–H groups in total. The average molecular weight is 375 g/mol. The van der Waals surface area contributed by atoms with Crippen molar-refractivity contribution in [3.05, 3.63) is 65.0 Å². The third-order valence-electron chi connectivity index (χ3n) is 3.29. The number of aromatic nitrogens is 1. The van der Waals surface area contributed by atoms with Gasteiger partial charge in [-0.25, -0.2) is 4.98 Å². The first-order valence-corrected chi connectivity index (χ1v) is 8.00.